The van der Waals surface area contributed by atoms with Crippen molar-refractivity contribution < 1.29 is 9.21 Å². The number of rotatable bonds is 5. The minimum Gasteiger partial charge on any atom is -0.468 e. The highest BCUT2D eigenvalue weighted by molar-refractivity contribution is 6.30. The van der Waals surface area contributed by atoms with Crippen LogP contribution in [-0.2, 0) is 0 Å². The van der Waals surface area contributed by atoms with Crippen LogP contribution in [0.25, 0.3) is 0 Å². The highest BCUT2D eigenvalue weighted by Gasteiger charge is 2.17. The van der Waals surface area contributed by atoms with Gasteiger partial charge in [-0.15, -0.1) is 0 Å². The van der Waals surface area contributed by atoms with E-state index in [4.69, 9.17) is 16.0 Å². The number of furan rings is 1. The summed E-state index contributed by atoms with van der Waals surface area (Å²) < 4.78 is 5.39. The Balaban J connectivity index is 1.90. The highest BCUT2D eigenvalue weighted by Crippen LogP contribution is 2.18. The smallest absolute Gasteiger partial charge is 0.319 e. The van der Waals surface area contributed by atoms with Crippen LogP contribution in [0.3, 0.4) is 0 Å². The monoisotopic (exact) mass is 307 g/mol. The molecule has 2 rings (SSSR count). The van der Waals surface area contributed by atoms with Crippen molar-refractivity contribution in [2.24, 2.45) is 0 Å². The zero-order valence-corrected chi connectivity index (χ0v) is 12.7. The third-order valence-corrected chi connectivity index (χ3v) is 3.27. The number of benzene rings is 1. The van der Waals surface area contributed by atoms with Crippen molar-refractivity contribution in [2.75, 3.05) is 26.0 Å². The zero-order valence-electron chi connectivity index (χ0n) is 12.0. The van der Waals surface area contributed by atoms with E-state index in [1.807, 2.05) is 31.1 Å². The van der Waals surface area contributed by atoms with Gasteiger partial charge in [0.05, 0.1) is 12.3 Å². The average Bonchev–Trinajstić information content (AvgIpc) is 2.92. The van der Waals surface area contributed by atoms with Crippen LogP contribution in [0.4, 0.5) is 10.5 Å². The molecule has 0 aliphatic heterocycles. The van der Waals surface area contributed by atoms with Crippen molar-refractivity contribution in [1.29, 1.82) is 0 Å². The van der Waals surface area contributed by atoms with E-state index in [9.17, 15) is 4.79 Å². The van der Waals surface area contributed by atoms with Gasteiger partial charge in [0.1, 0.15) is 5.76 Å². The Kier molecular flexibility index (Phi) is 5.25. The van der Waals surface area contributed by atoms with E-state index in [0.717, 1.165) is 5.76 Å². The quantitative estimate of drug-likeness (QED) is 0.890. The van der Waals surface area contributed by atoms with E-state index in [2.05, 4.69) is 10.6 Å². The van der Waals surface area contributed by atoms with Gasteiger partial charge in [-0.25, -0.2) is 4.79 Å². The lowest BCUT2D eigenvalue weighted by Gasteiger charge is -2.22. The molecule has 2 N–H and O–H groups in total. The number of amides is 2. The van der Waals surface area contributed by atoms with Gasteiger partial charge in [0, 0.05) is 17.3 Å². The first-order valence-electron chi connectivity index (χ1n) is 6.56. The average molecular weight is 308 g/mol. The Bertz CT molecular complexity index is 584. The first-order chi connectivity index (χ1) is 10.1. The number of nitrogens with zero attached hydrogens (tertiary/aromatic N) is 1. The molecule has 0 saturated carbocycles. The second kappa shape index (κ2) is 7.15. The Morgan fingerprint density at radius 1 is 1.33 bits per heavy atom. The topological polar surface area (TPSA) is 57.5 Å². The van der Waals surface area contributed by atoms with Crippen LogP contribution in [0, 0.1) is 0 Å². The lowest BCUT2D eigenvalue weighted by atomic mass is 10.2. The molecule has 6 heteroatoms. The van der Waals surface area contributed by atoms with Crippen molar-refractivity contribution >= 4 is 23.3 Å². The molecule has 0 unspecified atom stereocenters. The summed E-state index contributed by atoms with van der Waals surface area (Å²) in [6.45, 7) is 0.437. The lowest BCUT2D eigenvalue weighted by Crippen LogP contribution is -2.36. The summed E-state index contributed by atoms with van der Waals surface area (Å²) in [4.78, 5) is 13.9. The number of likely N-dealkylation sites (N-methyl/N-ethyl adjacent to an activating group) is 1. The van der Waals surface area contributed by atoms with Gasteiger partial charge in [0.15, 0.2) is 0 Å². The molecule has 0 aliphatic rings. The Hall–Kier alpha value is -1.98. The van der Waals surface area contributed by atoms with Gasteiger partial charge in [0.2, 0.25) is 0 Å². The number of nitrogens with one attached hydrogen (secondary N) is 2. The fourth-order valence-electron chi connectivity index (χ4n) is 1.95. The number of carbonyl (C=O) groups excluding carboxylic acids is 1. The van der Waals surface area contributed by atoms with Gasteiger partial charge < -0.3 is 15.1 Å². The molecule has 0 fully saturated rings. The lowest BCUT2D eigenvalue weighted by molar-refractivity contribution is 0.233. The van der Waals surface area contributed by atoms with Crippen molar-refractivity contribution in [1.82, 2.24) is 10.2 Å². The van der Waals surface area contributed by atoms with Gasteiger partial charge >= 0.3 is 6.03 Å². The van der Waals surface area contributed by atoms with Gasteiger partial charge in [-0.3, -0.25) is 4.90 Å². The summed E-state index contributed by atoms with van der Waals surface area (Å²) in [5.74, 6) is 0.808. The van der Waals surface area contributed by atoms with Gasteiger partial charge in [-0.1, -0.05) is 17.7 Å². The maximum absolute atomic E-state index is 11.9. The number of carbonyl (C=O) groups is 1. The molecule has 5 nitrogen and oxygen atoms in total. The zero-order chi connectivity index (χ0) is 15.2. The van der Waals surface area contributed by atoms with E-state index in [1.54, 1.807) is 30.5 Å². The molecule has 112 valence electrons. The molecule has 1 atom stereocenters. The van der Waals surface area contributed by atoms with Crippen molar-refractivity contribution in [3.05, 3.63) is 53.4 Å². The van der Waals surface area contributed by atoms with Crippen molar-refractivity contribution in [2.45, 2.75) is 6.04 Å². The normalized spacial score (nSPS) is 12.2. The Morgan fingerprint density at radius 3 is 2.76 bits per heavy atom. The first kappa shape index (κ1) is 15.4. The number of halogens is 1. The predicted molar refractivity (Wildman–Crippen MR) is 83.6 cm³/mol. The molecule has 1 aromatic heterocycles. The maximum Gasteiger partial charge on any atom is 0.319 e. The molecule has 0 aliphatic carbocycles. The molecule has 0 radical (unpaired) electrons. The second-order valence-corrected chi connectivity index (χ2v) is 5.28. The molecule has 0 spiro atoms. The van der Waals surface area contributed by atoms with Gasteiger partial charge in [-0.05, 0) is 44.4 Å². The number of urea groups is 1. The molecular formula is C15H18ClN3O2. The van der Waals surface area contributed by atoms with Gasteiger partial charge in [-0.2, -0.15) is 0 Å². The molecule has 21 heavy (non-hydrogen) atoms. The minimum absolute atomic E-state index is 0.0230. The van der Waals surface area contributed by atoms with E-state index in [0.29, 0.717) is 17.3 Å². The molecule has 0 bridgehead atoms. The number of hydrogen-bond donors (Lipinski definition) is 2. The Morgan fingerprint density at radius 2 is 2.14 bits per heavy atom. The van der Waals surface area contributed by atoms with Crippen molar-refractivity contribution in [3.63, 3.8) is 0 Å². The van der Waals surface area contributed by atoms with Crippen LogP contribution in [0.2, 0.25) is 5.02 Å². The standard InChI is InChI=1S/C15H18ClN3O2/c1-19(2)13(14-7-4-8-21-14)10-17-15(20)18-12-6-3-5-11(16)9-12/h3-9,13H,10H2,1-2H3,(H2,17,18,20)/t13-/m1/s1. The molecule has 1 heterocycles. The molecule has 1 aromatic carbocycles. The predicted octanol–water partition coefficient (Wildman–Crippen LogP) is 3.36. The van der Waals surface area contributed by atoms with E-state index in [1.165, 1.54) is 0 Å². The van der Waals surface area contributed by atoms with E-state index < -0.39 is 0 Å². The summed E-state index contributed by atoms with van der Waals surface area (Å²) in [7, 11) is 3.87. The number of anilines is 1. The molecule has 2 aromatic rings. The number of hydrogen-bond acceptors (Lipinski definition) is 3. The molecule has 0 saturated heterocycles. The van der Waals surface area contributed by atoms with Crippen molar-refractivity contribution in [3.8, 4) is 0 Å². The summed E-state index contributed by atoms with van der Waals surface area (Å²) >= 11 is 5.87. The molecular weight excluding hydrogens is 290 g/mol. The van der Waals surface area contributed by atoms with Gasteiger partial charge in [0.25, 0.3) is 0 Å². The van der Waals surface area contributed by atoms with Crippen LogP contribution >= 0.6 is 11.6 Å². The van der Waals surface area contributed by atoms with E-state index in [-0.39, 0.29) is 12.1 Å². The first-order valence-corrected chi connectivity index (χ1v) is 6.94. The summed E-state index contributed by atoms with van der Waals surface area (Å²) in [6, 6.07) is 10.4. The summed E-state index contributed by atoms with van der Waals surface area (Å²) in [5, 5.41) is 6.14. The largest absolute Gasteiger partial charge is 0.468 e. The Labute approximate surface area is 128 Å². The second-order valence-electron chi connectivity index (χ2n) is 4.84. The SMILES string of the molecule is CN(C)[C@H](CNC(=O)Nc1cccc(Cl)c1)c1ccco1. The van der Waals surface area contributed by atoms with E-state index >= 15 is 0 Å². The van der Waals surface area contributed by atoms with Crippen LogP contribution < -0.4 is 10.6 Å². The molecule has 2 amide bonds. The fourth-order valence-corrected chi connectivity index (χ4v) is 2.14. The summed E-state index contributed by atoms with van der Waals surface area (Å²) in [5.41, 5.74) is 0.652. The third kappa shape index (κ3) is 4.51. The third-order valence-electron chi connectivity index (χ3n) is 3.03. The van der Waals surface area contributed by atoms with Crippen LogP contribution in [0.5, 0.6) is 0 Å². The maximum atomic E-state index is 11.9. The minimum atomic E-state index is -0.282. The summed E-state index contributed by atoms with van der Waals surface area (Å²) in [6.07, 6.45) is 1.62. The fraction of sp³-hybridized carbons (Fsp3) is 0.267. The van der Waals surface area contributed by atoms with Crippen LogP contribution in [-0.4, -0.2) is 31.6 Å². The highest BCUT2D eigenvalue weighted by atomic mass is 35.5. The van der Waals surface area contributed by atoms with Crippen LogP contribution in [0.1, 0.15) is 11.8 Å². The van der Waals surface area contributed by atoms with Crippen LogP contribution in [0.15, 0.2) is 47.1 Å².